The van der Waals surface area contributed by atoms with Gasteiger partial charge in [-0.15, -0.1) is 0 Å². The summed E-state index contributed by atoms with van der Waals surface area (Å²) in [7, 11) is 0. The Hall–Kier alpha value is -3.95. The monoisotopic (exact) mass is 531 g/mol. The molecule has 0 aliphatic rings. The number of aliphatic carboxylic acids is 3. The Bertz CT molecular complexity index is 861. The molecule has 16 heteroatoms. The van der Waals surface area contributed by atoms with Gasteiger partial charge in [0.1, 0.15) is 18.1 Å². The van der Waals surface area contributed by atoms with Crippen LogP contribution in [0.4, 0.5) is 0 Å². The Morgan fingerprint density at radius 1 is 0.811 bits per heavy atom. The van der Waals surface area contributed by atoms with Gasteiger partial charge in [-0.3, -0.25) is 29.0 Å². The highest BCUT2D eigenvalue weighted by molar-refractivity contribution is 5.94. The summed E-state index contributed by atoms with van der Waals surface area (Å²) in [4.78, 5) is 75.4. The van der Waals surface area contributed by atoms with Crippen molar-refractivity contribution in [3.05, 3.63) is 0 Å². The first-order chi connectivity index (χ1) is 17.2. The number of aliphatic imine (C=N–C) groups is 1. The molecule has 0 bridgehead atoms. The first kappa shape index (κ1) is 33.0. The lowest BCUT2D eigenvalue weighted by molar-refractivity contribution is -0.147. The van der Waals surface area contributed by atoms with Gasteiger partial charge in [-0.05, 0) is 25.2 Å². The van der Waals surface area contributed by atoms with Gasteiger partial charge in [0.05, 0.1) is 12.5 Å². The zero-order valence-electron chi connectivity index (χ0n) is 20.8. The van der Waals surface area contributed by atoms with Crippen molar-refractivity contribution in [1.82, 2.24) is 16.0 Å². The maximum absolute atomic E-state index is 13.0. The topological polar surface area (TPSA) is 290 Å². The molecule has 3 amide bonds. The molecular formula is C21H37N7O9. The average Bonchev–Trinajstić information content (AvgIpc) is 2.80. The molecule has 16 nitrogen and oxygen atoms in total. The molecule has 0 aromatic heterocycles. The van der Waals surface area contributed by atoms with E-state index in [1.54, 1.807) is 6.92 Å². The van der Waals surface area contributed by atoms with Gasteiger partial charge in [-0.1, -0.05) is 20.3 Å². The fraction of sp³-hybridized carbons (Fsp3) is 0.667. The quantitative estimate of drug-likeness (QED) is 0.0495. The van der Waals surface area contributed by atoms with Crippen molar-refractivity contribution >= 4 is 41.6 Å². The molecule has 0 saturated heterocycles. The normalized spacial score (nSPS) is 14.7. The van der Waals surface area contributed by atoms with E-state index in [-0.39, 0.29) is 37.7 Å². The molecule has 0 aromatic rings. The number of nitrogens with one attached hydrogen (secondary N) is 3. The third-order valence-corrected chi connectivity index (χ3v) is 5.41. The molecule has 0 aliphatic carbocycles. The molecular weight excluding hydrogens is 494 g/mol. The van der Waals surface area contributed by atoms with Crippen LogP contribution in [0.15, 0.2) is 4.99 Å². The molecule has 0 rings (SSSR count). The molecule has 5 atom stereocenters. The summed E-state index contributed by atoms with van der Waals surface area (Å²) < 4.78 is 0. The van der Waals surface area contributed by atoms with Crippen molar-refractivity contribution in [3.63, 3.8) is 0 Å². The number of carbonyl (C=O) groups is 6. The Kier molecular flexibility index (Phi) is 14.9. The lowest BCUT2D eigenvalue weighted by atomic mass is 9.98. The van der Waals surface area contributed by atoms with Crippen LogP contribution in [0.5, 0.6) is 0 Å². The molecule has 0 spiro atoms. The van der Waals surface area contributed by atoms with Crippen molar-refractivity contribution < 1.29 is 44.1 Å². The minimum absolute atomic E-state index is 0.0579. The number of amides is 3. The van der Waals surface area contributed by atoms with Gasteiger partial charge in [0.2, 0.25) is 17.7 Å². The number of carboxylic acid groups (broad SMARTS) is 3. The average molecular weight is 532 g/mol. The third-order valence-electron chi connectivity index (χ3n) is 5.41. The maximum Gasteiger partial charge on any atom is 0.326 e. The van der Waals surface area contributed by atoms with Crippen molar-refractivity contribution in [3.8, 4) is 0 Å². The number of carbonyl (C=O) groups excluding carboxylic acids is 3. The van der Waals surface area contributed by atoms with Crippen LogP contribution in [0, 0.1) is 5.92 Å². The van der Waals surface area contributed by atoms with Crippen LogP contribution >= 0.6 is 0 Å². The number of hydrogen-bond acceptors (Lipinski definition) is 8. The SMILES string of the molecule is CCC(C)C(N)C(=O)NC(CCC(=O)O)C(=O)NC(CCCN=C(N)N)C(=O)NC(CC(=O)O)C(=O)O. The van der Waals surface area contributed by atoms with E-state index in [9.17, 15) is 33.9 Å². The van der Waals surface area contributed by atoms with E-state index in [1.165, 1.54) is 0 Å². The maximum atomic E-state index is 13.0. The van der Waals surface area contributed by atoms with E-state index in [2.05, 4.69) is 20.9 Å². The first-order valence-electron chi connectivity index (χ1n) is 11.6. The zero-order valence-corrected chi connectivity index (χ0v) is 20.8. The summed E-state index contributed by atoms with van der Waals surface area (Å²) in [5.41, 5.74) is 16.4. The second-order valence-electron chi connectivity index (χ2n) is 8.41. The summed E-state index contributed by atoms with van der Waals surface area (Å²) in [5.74, 6) is -7.39. The molecule has 0 radical (unpaired) electrons. The van der Waals surface area contributed by atoms with Crippen molar-refractivity contribution in [2.45, 2.75) is 76.5 Å². The minimum Gasteiger partial charge on any atom is -0.481 e. The predicted molar refractivity (Wildman–Crippen MR) is 130 cm³/mol. The van der Waals surface area contributed by atoms with Gasteiger partial charge >= 0.3 is 17.9 Å². The summed E-state index contributed by atoms with van der Waals surface area (Å²) in [6, 6.07) is -5.51. The Balaban J connectivity index is 5.76. The lowest BCUT2D eigenvalue weighted by Gasteiger charge is -2.25. The predicted octanol–water partition coefficient (Wildman–Crippen LogP) is -2.71. The first-order valence-corrected chi connectivity index (χ1v) is 11.6. The number of guanidine groups is 1. The summed E-state index contributed by atoms with van der Waals surface area (Å²) >= 11 is 0. The van der Waals surface area contributed by atoms with E-state index in [0.717, 1.165) is 0 Å². The summed E-state index contributed by atoms with van der Waals surface area (Å²) in [6.45, 7) is 3.60. The van der Waals surface area contributed by atoms with Crippen LogP contribution in [0.25, 0.3) is 0 Å². The zero-order chi connectivity index (χ0) is 28.7. The number of nitrogens with zero attached hydrogens (tertiary/aromatic N) is 1. The standard InChI is InChI=1S/C21H37N7O9/c1-3-10(2)16(22)19(35)27-12(6-7-14(29)30)18(34)26-11(5-4-8-25-21(23)24)17(33)28-13(20(36)37)9-15(31)32/h10-13,16H,3-9,22H2,1-2H3,(H,26,34)(H,27,35)(H,28,33)(H,29,30)(H,31,32)(H,36,37)(H4,23,24,25). The molecule has 210 valence electrons. The fourth-order valence-electron chi connectivity index (χ4n) is 3.01. The summed E-state index contributed by atoms with van der Waals surface area (Å²) in [5, 5.41) is 33.9. The highest BCUT2D eigenvalue weighted by Crippen LogP contribution is 2.08. The molecule has 0 aromatic carbocycles. The molecule has 0 saturated carbocycles. The number of carboxylic acids is 3. The number of hydrogen-bond donors (Lipinski definition) is 9. The molecule has 37 heavy (non-hydrogen) atoms. The summed E-state index contributed by atoms with van der Waals surface area (Å²) in [6.07, 6.45) is -1.10. The second kappa shape index (κ2) is 16.7. The van der Waals surface area contributed by atoms with Crippen LogP contribution in [0.2, 0.25) is 0 Å². The smallest absolute Gasteiger partial charge is 0.326 e. The van der Waals surface area contributed by atoms with Crippen molar-refractivity contribution in [2.24, 2.45) is 28.1 Å². The lowest BCUT2D eigenvalue weighted by Crippen LogP contribution is -2.57. The van der Waals surface area contributed by atoms with E-state index >= 15 is 0 Å². The largest absolute Gasteiger partial charge is 0.481 e. The number of nitrogens with two attached hydrogens (primary N) is 3. The van der Waals surface area contributed by atoms with Crippen LogP contribution in [-0.4, -0.2) is 87.6 Å². The van der Waals surface area contributed by atoms with Gasteiger partial charge in [0.15, 0.2) is 5.96 Å². The second-order valence-corrected chi connectivity index (χ2v) is 8.41. The Labute approximate surface area is 213 Å². The van der Waals surface area contributed by atoms with Crippen LogP contribution in [0.3, 0.4) is 0 Å². The minimum atomic E-state index is -1.78. The molecule has 5 unspecified atom stereocenters. The van der Waals surface area contributed by atoms with Crippen molar-refractivity contribution in [2.75, 3.05) is 6.54 Å². The van der Waals surface area contributed by atoms with Gasteiger partial charge < -0.3 is 48.5 Å². The van der Waals surface area contributed by atoms with E-state index in [4.69, 9.17) is 27.4 Å². The Morgan fingerprint density at radius 2 is 1.32 bits per heavy atom. The van der Waals surface area contributed by atoms with Crippen molar-refractivity contribution in [1.29, 1.82) is 0 Å². The van der Waals surface area contributed by atoms with Crippen LogP contribution < -0.4 is 33.2 Å². The number of rotatable bonds is 18. The van der Waals surface area contributed by atoms with E-state index < -0.39 is 72.6 Å². The van der Waals surface area contributed by atoms with Gasteiger partial charge in [-0.2, -0.15) is 0 Å². The highest BCUT2D eigenvalue weighted by Gasteiger charge is 2.31. The van der Waals surface area contributed by atoms with Gasteiger partial charge in [-0.25, -0.2) is 4.79 Å². The Morgan fingerprint density at radius 3 is 1.78 bits per heavy atom. The van der Waals surface area contributed by atoms with E-state index in [1.807, 2.05) is 6.92 Å². The molecule has 0 aliphatic heterocycles. The van der Waals surface area contributed by atoms with Crippen LogP contribution in [-0.2, 0) is 28.8 Å². The highest BCUT2D eigenvalue weighted by atomic mass is 16.4. The third kappa shape index (κ3) is 13.6. The van der Waals surface area contributed by atoms with E-state index in [0.29, 0.717) is 6.42 Å². The van der Waals surface area contributed by atoms with Crippen LogP contribution in [0.1, 0.15) is 52.4 Å². The van der Waals surface area contributed by atoms with Gasteiger partial charge in [0.25, 0.3) is 0 Å². The van der Waals surface area contributed by atoms with Gasteiger partial charge in [0, 0.05) is 13.0 Å². The molecule has 0 heterocycles. The fourth-order valence-corrected chi connectivity index (χ4v) is 3.01. The molecule has 12 N–H and O–H groups in total. The molecule has 0 fully saturated rings.